The van der Waals surface area contributed by atoms with Gasteiger partial charge in [0.05, 0.1) is 11.9 Å². The average Bonchev–Trinajstić information content (AvgIpc) is 3.52. The van der Waals surface area contributed by atoms with Crippen molar-refractivity contribution in [3.8, 4) is 11.3 Å². The van der Waals surface area contributed by atoms with Gasteiger partial charge in [0.25, 0.3) is 0 Å². The third kappa shape index (κ3) is 4.49. The van der Waals surface area contributed by atoms with Crippen LogP contribution in [0.3, 0.4) is 0 Å². The molecule has 0 aliphatic carbocycles. The molecule has 2 aliphatic heterocycles. The summed E-state index contributed by atoms with van der Waals surface area (Å²) >= 11 is 0. The number of H-pyrrole nitrogens is 1. The van der Waals surface area contributed by atoms with Crippen molar-refractivity contribution < 1.29 is 0 Å². The van der Waals surface area contributed by atoms with Gasteiger partial charge in [-0.15, -0.1) is 0 Å². The first-order chi connectivity index (χ1) is 15.3. The van der Waals surface area contributed by atoms with Gasteiger partial charge in [-0.2, -0.15) is 5.10 Å². The van der Waals surface area contributed by atoms with Crippen LogP contribution in [-0.4, -0.2) is 57.8 Å². The van der Waals surface area contributed by atoms with Gasteiger partial charge in [0, 0.05) is 49.6 Å². The van der Waals surface area contributed by atoms with E-state index in [-0.39, 0.29) is 0 Å². The Morgan fingerprint density at radius 2 is 1.90 bits per heavy atom. The summed E-state index contributed by atoms with van der Waals surface area (Å²) in [5.41, 5.74) is 4.76. The Kier molecular flexibility index (Phi) is 5.98. The molecule has 0 bridgehead atoms. The molecule has 0 saturated carbocycles. The lowest BCUT2D eigenvalue weighted by atomic mass is 9.90. The van der Waals surface area contributed by atoms with Crippen LogP contribution >= 0.6 is 0 Å². The van der Waals surface area contributed by atoms with Crippen LogP contribution in [-0.2, 0) is 0 Å². The lowest BCUT2D eigenvalue weighted by Crippen LogP contribution is -2.37. The SMILES string of the molecule is CC(CN1CCCC(c2[nH]ncc2-c2ccnc(N3CCCC3)n2)C1)c1ccccc1. The molecule has 4 heterocycles. The maximum atomic E-state index is 4.90. The molecule has 2 saturated heterocycles. The number of rotatable bonds is 6. The monoisotopic (exact) mass is 416 g/mol. The van der Waals surface area contributed by atoms with Crippen molar-refractivity contribution in [3.05, 3.63) is 60.0 Å². The van der Waals surface area contributed by atoms with Crippen molar-refractivity contribution in [1.29, 1.82) is 0 Å². The highest BCUT2D eigenvalue weighted by atomic mass is 15.3. The fourth-order valence-electron chi connectivity index (χ4n) is 5.11. The minimum atomic E-state index is 0.458. The van der Waals surface area contributed by atoms with Gasteiger partial charge < -0.3 is 9.80 Å². The van der Waals surface area contributed by atoms with Crippen LogP contribution in [0.5, 0.6) is 0 Å². The minimum Gasteiger partial charge on any atom is -0.341 e. The number of piperidine rings is 1. The standard InChI is InChI=1S/C25H32N6/c1-19(20-8-3-2-4-9-20)17-30-13-7-10-21(18-30)24-22(16-27-29-24)23-11-12-26-25(28-23)31-14-5-6-15-31/h2-4,8-9,11-12,16,19,21H,5-7,10,13-15,17-18H2,1H3,(H,27,29). The number of benzene rings is 1. The summed E-state index contributed by atoms with van der Waals surface area (Å²) in [5, 5.41) is 7.73. The second-order valence-electron chi connectivity index (χ2n) is 9.04. The molecular formula is C25H32N6. The molecular weight excluding hydrogens is 384 g/mol. The van der Waals surface area contributed by atoms with Gasteiger partial charge in [0.2, 0.25) is 5.95 Å². The molecule has 0 radical (unpaired) electrons. The molecule has 0 spiro atoms. The van der Waals surface area contributed by atoms with Crippen LogP contribution in [0.1, 0.15) is 55.7 Å². The van der Waals surface area contributed by atoms with E-state index in [0.717, 1.165) is 43.4 Å². The van der Waals surface area contributed by atoms with E-state index in [0.29, 0.717) is 11.8 Å². The van der Waals surface area contributed by atoms with Crippen LogP contribution in [0, 0.1) is 0 Å². The summed E-state index contributed by atoms with van der Waals surface area (Å²) < 4.78 is 0. The van der Waals surface area contributed by atoms with E-state index in [1.54, 1.807) is 0 Å². The maximum absolute atomic E-state index is 4.90. The van der Waals surface area contributed by atoms with Gasteiger partial charge in [0.15, 0.2) is 0 Å². The highest BCUT2D eigenvalue weighted by Crippen LogP contribution is 2.33. The third-order valence-corrected chi connectivity index (χ3v) is 6.79. The molecule has 0 amide bonds. The Bertz CT molecular complexity index is 978. The summed E-state index contributed by atoms with van der Waals surface area (Å²) in [6.45, 7) is 7.77. The second-order valence-corrected chi connectivity index (χ2v) is 9.04. The molecule has 162 valence electrons. The molecule has 2 atom stereocenters. The molecule has 5 rings (SSSR count). The largest absolute Gasteiger partial charge is 0.341 e. The number of hydrogen-bond donors (Lipinski definition) is 1. The fourth-order valence-corrected chi connectivity index (χ4v) is 5.11. The van der Waals surface area contributed by atoms with Crippen LogP contribution in [0.4, 0.5) is 5.95 Å². The van der Waals surface area contributed by atoms with Gasteiger partial charge in [0.1, 0.15) is 0 Å². The van der Waals surface area contributed by atoms with Crippen molar-refractivity contribution in [3.63, 3.8) is 0 Å². The third-order valence-electron chi connectivity index (χ3n) is 6.79. The first-order valence-corrected chi connectivity index (χ1v) is 11.7. The Balaban J connectivity index is 1.31. The topological polar surface area (TPSA) is 60.9 Å². The number of aromatic nitrogens is 4. The highest BCUT2D eigenvalue weighted by molar-refractivity contribution is 5.63. The molecule has 6 heteroatoms. The molecule has 2 unspecified atom stereocenters. The predicted molar refractivity (Wildman–Crippen MR) is 124 cm³/mol. The van der Waals surface area contributed by atoms with Crippen molar-refractivity contribution in [2.45, 2.75) is 44.4 Å². The van der Waals surface area contributed by atoms with Crippen LogP contribution in [0.25, 0.3) is 11.3 Å². The molecule has 3 aromatic rings. The normalized spacial score (nSPS) is 20.8. The fraction of sp³-hybridized carbons (Fsp3) is 0.480. The van der Waals surface area contributed by atoms with Gasteiger partial charge in [-0.25, -0.2) is 9.97 Å². The first kappa shape index (κ1) is 20.2. The number of aromatic amines is 1. The zero-order valence-electron chi connectivity index (χ0n) is 18.4. The van der Waals surface area contributed by atoms with Crippen molar-refractivity contribution in [2.24, 2.45) is 0 Å². The molecule has 2 aromatic heterocycles. The highest BCUT2D eigenvalue weighted by Gasteiger charge is 2.27. The van der Waals surface area contributed by atoms with E-state index >= 15 is 0 Å². The smallest absolute Gasteiger partial charge is 0.225 e. The molecule has 6 nitrogen and oxygen atoms in total. The summed E-state index contributed by atoms with van der Waals surface area (Å²) in [6.07, 6.45) is 8.69. The van der Waals surface area contributed by atoms with E-state index in [1.807, 2.05) is 18.5 Å². The van der Waals surface area contributed by atoms with Crippen LogP contribution < -0.4 is 4.90 Å². The van der Waals surface area contributed by atoms with Crippen LogP contribution in [0.2, 0.25) is 0 Å². The molecule has 31 heavy (non-hydrogen) atoms. The number of nitrogens with zero attached hydrogens (tertiary/aromatic N) is 5. The second kappa shape index (κ2) is 9.18. The van der Waals surface area contributed by atoms with E-state index < -0.39 is 0 Å². The van der Waals surface area contributed by atoms with Gasteiger partial charge >= 0.3 is 0 Å². The predicted octanol–water partition coefficient (Wildman–Crippen LogP) is 4.45. The van der Waals surface area contributed by atoms with E-state index in [4.69, 9.17) is 4.98 Å². The van der Waals surface area contributed by atoms with E-state index in [9.17, 15) is 0 Å². The summed E-state index contributed by atoms with van der Waals surface area (Å²) in [7, 11) is 0. The average molecular weight is 417 g/mol. The lowest BCUT2D eigenvalue weighted by molar-refractivity contribution is 0.197. The summed E-state index contributed by atoms with van der Waals surface area (Å²) in [5.74, 6) is 1.84. The summed E-state index contributed by atoms with van der Waals surface area (Å²) in [4.78, 5) is 14.3. The molecule has 2 fully saturated rings. The Morgan fingerprint density at radius 1 is 1.06 bits per heavy atom. The Labute approximate surface area is 184 Å². The molecule has 1 N–H and O–H groups in total. The summed E-state index contributed by atoms with van der Waals surface area (Å²) in [6, 6.07) is 12.9. The molecule has 1 aromatic carbocycles. The van der Waals surface area contributed by atoms with Crippen molar-refractivity contribution in [2.75, 3.05) is 37.6 Å². The molecule has 2 aliphatic rings. The number of nitrogens with one attached hydrogen (secondary N) is 1. The van der Waals surface area contributed by atoms with Gasteiger partial charge in [-0.1, -0.05) is 37.3 Å². The van der Waals surface area contributed by atoms with Gasteiger partial charge in [-0.3, -0.25) is 5.10 Å². The van der Waals surface area contributed by atoms with Gasteiger partial charge in [-0.05, 0) is 49.8 Å². The number of anilines is 1. The number of likely N-dealkylation sites (tertiary alicyclic amines) is 1. The zero-order chi connectivity index (χ0) is 21.0. The first-order valence-electron chi connectivity index (χ1n) is 11.7. The quantitative estimate of drug-likeness (QED) is 0.643. The minimum absolute atomic E-state index is 0.458. The Morgan fingerprint density at radius 3 is 2.74 bits per heavy atom. The maximum Gasteiger partial charge on any atom is 0.225 e. The zero-order valence-corrected chi connectivity index (χ0v) is 18.4. The number of hydrogen-bond acceptors (Lipinski definition) is 5. The van der Waals surface area contributed by atoms with Crippen LogP contribution in [0.15, 0.2) is 48.8 Å². The Hall–Kier alpha value is -2.73. The van der Waals surface area contributed by atoms with Crippen molar-refractivity contribution in [1.82, 2.24) is 25.1 Å². The van der Waals surface area contributed by atoms with Crippen molar-refractivity contribution >= 4 is 5.95 Å². The van der Waals surface area contributed by atoms with E-state index in [1.165, 1.54) is 43.5 Å². The van der Waals surface area contributed by atoms with E-state index in [2.05, 4.69) is 62.2 Å². The lowest BCUT2D eigenvalue weighted by Gasteiger charge is -2.34.